The summed E-state index contributed by atoms with van der Waals surface area (Å²) in [4.78, 5) is 2.22. The fourth-order valence-electron chi connectivity index (χ4n) is 1.66. The Morgan fingerprint density at radius 3 is 2.29 bits per heavy atom. The van der Waals surface area contributed by atoms with Gasteiger partial charge in [0.05, 0.1) is 19.7 Å². The molecule has 0 saturated carbocycles. The lowest BCUT2D eigenvalue weighted by molar-refractivity contribution is 0.353. The number of ether oxygens (including phenoxy) is 2. The quantitative estimate of drug-likeness (QED) is 0.596. The van der Waals surface area contributed by atoms with Crippen LogP contribution in [0.4, 0.5) is 0 Å². The normalized spacial score (nSPS) is 10.7. The van der Waals surface area contributed by atoms with Crippen molar-refractivity contribution < 1.29 is 9.47 Å². The Bertz CT molecular complexity index is 369. The van der Waals surface area contributed by atoms with Crippen molar-refractivity contribution in [1.29, 1.82) is 0 Å². The summed E-state index contributed by atoms with van der Waals surface area (Å²) < 4.78 is 10.6. The number of hydrogen-bond acceptors (Lipinski definition) is 3. The van der Waals surface area contributed by atoms with E-state index in [0.717, 1.165) is 29.9 Å². The number of methoxy groups -OCH3 is 2. The molecule has 0 spiro atoms. The number of nitrogens with zero attached hydrogens (tertiary/aromatic N) is 1. The highest BCUT2D eigenvalue weighted by Crippen LogP contribution is 2.30. The Kier molecular flexibility index (Phi) is 5.78. The molecule has 0 atom stereocenters. The van der Waals surface area contributed by atoms with Crippen LogP contribution in [0.25, 0.3) is 0 Å². The minimum atomic E-state index is 0.794. The van der Waals surface area contributed by atoms with Gasteiger partial charge in [0.25, 0.3) is 0 Å². The van der Waals surface area contributed by atoms with Gasteiger partial charge in [-0.15, -0.1) is 0 Å². The molecule has 0 aliphatic heterocycles. The van der Waals surface area contributed by atoms with E-state index in [-0.39, 0.29) is 0 Å². The molecule has 0 bridgehead atoms. The second-order valence-electron chi connectivity index (χ2n) is 4.08. The van der Waals surface area contributed by atoms with Crippen molar-refractivity contribution in [3.8, 4) is 11.5 Å². The zero-order chi connectivity index (χ0) is 12.8. The molecule has 1 rings (SSSR count). The summed E-state index contributed by atoms with van der Waals surface area (Å²) >= 11 is 3.44. The van der Waals surface area contributed by atoms with Crippen LogP contribution in [0.1, 0.15) is 11.1 Å². The predicted molar refractivity (Wildman–Crippen MR) is 74.4 cm³/mol. The number of alkyl halides is 1. The molecule has 1 aromatic carbocycles. The highest BCUT2D eigenvalue weighted by molar-refractivity contribution is 9.09. The second-order valence-corrected chi connectivity index (χ2v) is 4.58. The Labute approximate surface area is 112 Å². The highest BCUT2D eigenvalue weighted by Gasteiger charge is 2.08. The third-order valence-electron chi connectivity index (χ3n) is 2.81. The van der Waals surface area contributed by atoms with Gasteiger partial charge in [-0.1, -0.05) is 15.9 Å². The van der Waals surface area contributed by atoms with E-state index in [9.17, 15) is 0 Å². The predicted octanol–water partition coefficient (Wildman–Crippen LogP) is 2.84. The first-order valence-electron chi connectivity index (χ1n) is 5.58. The van der Waals surface area contributed by atoms with Gasteiger partial charge in [-0.05, 0) is 43.7 Å². The van der Waals surface area contributed by atoms with Gasteiger partial charge in [0.15, 0.2) is 11.5 Å². The molecule has 17 heavy (non-hydrogen) atoms. The van der Waals surface area contributed by atoms with Gasteiger partial charge >= 0.3 is 0 Å². The maximum absolute atomic E-state index is 5.32. The number of rotatable bonds is 6. The third kappa shape index (κ3) is 3.89. The lowest BCUT2D eigenvalue weighted by Crippen LogP contribution is -2.19. The topological polar surface area (TPSA) is 21.7 Å². The summed E-state index contributed by atoms with van der Waals surface area (Å²) in [5.74, 6) is 1.59. The van der Waals surface area contributed by atoms with Gasteiger partial charge in [-0.3, -0.25) is 4.90 Å². The molecule has 0 N–H and O–H groups in total. The highest BCUT2D eigenvalue weighted by atomic mass is 79.9. The lowest BCUT2D eigenvalue weighted by atomic mass is 10.0. The lowest BCUT2D eigenvalue weighted by Gasteiger charge is -2.16. The van der Waals surface area contributed by atoms with E-state index in [1.165, 1.54) is 11.1 Å². The summed E-state index contributed by atoms with van der Waals surface area (Å²) in [6.45, 7) is 3.12. The molecule has 1 aromatic rings. The number of likely N-dealkylation sites (N-methyl/N-ethyl adjacent to an activating group) is 1. The third-order valence-corrected chi connectivity index (χ3v) is 3.67. The van der Waals surface area contributed by atoms with Crippen molar-refractivity contribution in [3.63, 3.8) is 0 Å². The number of benzene rings is 1. The smallest absolute Gasteiger partial charge is 0.161 e. The monoisotopic (exact) mass is 301 g/mol. The van der Waals surface area contributed by atoms with Crippen molar-refractivity contribution in [3.05, 3.63) is 23.3 Å². The van der Waals surface area contributed by atoms with Gasteiger partial charge < -0.3 is 9.47 Å². The summed E-state index contributed by atoms with van der Waals surface area (Å²) in [5.41, 5.74) is 3.43. The van der Waals surface area contributed by atoms with Crippen LogP contribution in [0.15, 0.2) is 12.1 Å². The standard InChI is InChI=1S/C13H20BrNO2/c1-10-7-12(16-3)13(17-4)8-11(10)5-6-15(2)9-14/h7-8H,5-6,9H2,1-4H3. The molecular weight excluding hydrogens is 282 g/mol. The first kappa shape index (κ1) is 14.3. The van der Waals surface area contributed by atoms with Gasteiger partial charge in [0.1, 0.15) is 0 Å². The zero-order valence-electron chi connectivity index (χ0n) is 10.9. The van der Waals surface area contributed by atoms with E-state index >= 15 is 0 Å². The van der Waals surface area contributed by atoms with E-state index in [1.807, 2.05) is 6.07 Å². The second kappa shape index (κ2) is 6.87. The number of hydrogen-bond donors (Lipinski definition) is 0. The average Bonchev–Trinajstić information content (AvgIpc) is 2.36. The summed E-state index contributed by atoms with van der Waals surface area (Å²) in [7, 11) is 5.42. The molecule has 96 valence electrons. The summed E-state index contributed by atoms with van der Waals surface area (Å²) in [6, 6.07) is 4.10. The molecule has 0 unspecified atom stereocenters. The molecular formula is C13H20BrNO2. The molecule has 0 amide bonds. The van der Waals surface area contributed by atoms with E-state index in [4.69, 9.17) is 9.47 Å². The SMILES string of the molecule is COc1cc(C)c(CCN(C)CBr)cc1OC. The molecule has 0 heterocycles. The maximum atomic E-state index is 5.32. The average molecular weight is 302 g/mol. The molecule has 4 heteroatoms. The Balaban J connectivity index is 2.85. The molecule has 0 aromatic heterocycles. The van der Waals surface area contributed by atoms with Crippen molar-refractivity contribution in [1.82, 2.24) is 4.90 Å². The molecule has 3 nitrogen and oxygen atoms in total. The maximum Gasteiger partial charge on any atom is 0.161 e. The fourth-order valence-corrected chi connectivity index (χ4v) is 1.91. The first-order chi connectivity index (χ1) is 8.12. The molecule has 0 aliphatic carbocycles. The largest absolute Gasteiger partial charge is 0.493 e. The van der Waals surface area contributed by atoms with Crippen molar-refractivity contribution in [2.75, 3.05) is 33.3 Å². The van der Waals surface area contributed by atoms with Gasteiger partial charge in [-0.2, -0.15) is 0 Å². The summed E-state index contributed by atoms with van der Waals surface area (Å²) in [5, 5.41) is 0. The minimum Gasteiger partial charge on any atom is -0.493 e. The Hall–Kier alpha value is -0.740. The van der Waals surface area contributed by atoms with E-state index in [2.05, 4.69) is 40.9 Å². The van der Waals surface area contributed by atoms with Gasteiger partial charge in [-0.25, -0.2) is 0 Å². The Morgan fingerprint density at radius 2 is 1.76 bits per heavy atom. The molecule has 0 fully saturated rings. The van der Waals surface area contributed by atoms with E-state index < -0.39 is 0 Å². The number of halogens is 1. The van der Waals surface area contributed by atoms with Crippen molar-refractivity contribution in [2.45, 2.75) is 13.3 Å². The van der Waals surface area contributed by atoms with Crippen LogP contribution in [-0.4, -0.2) is 38.2 Å². The minimum absolute atomic E-state index is 0.794. The molecule has 0 aliphatic rings. The van der Waals surface area contributed by atoms with Crippen LogP contribution in [-0.2, 0) is 6.42 Å². The zero-order valence-corrected chi connectivity index (χ0v) is 12.5. The van der Waals surface area contributed by atoms with Gasteiger partial charge in [0, 0.05) is 6.54 Å². The van der Waals surface area contributed by atoms with Crippen LogP contribution in [0, 0.1) is 6.92 Å². The van der Waals surface area contributed by atoms with Crippen LogP contribution >= 0.6 is 15.9 Å². The van der Waals surface area contributed by atoms with Crippen molar-refractivity contribution in [2.24, 2.45) is 0 Å². The first-order valence-corrected chi connectivity index (χ1v) is 6.70. The van der Waals surface area contributed by atoms with Crippen molar-refractivity contribution >= 4 is 15.9 Å². The molecule has 0 saturated heterocycles. The van der Waals surface area contributed by atoms with Crippen LogP contribution in [0.5, 0.6) is 11.5 Å². The fraction of sp³-hybridized carbons (Fsp3) is 0.538. The van der Waals surface area contributed by atoms with Crippen LogP contribution in [0.2, 0.25) is 0 Å². The summed E-state index contributed by atoms with van der Waals surface area (Å²) in [6.07, 6.45) is 1.01. The molecule has 0 radical (unpaired) electrons. The Morgan fingerprint density at radius 1 is 1.18 bits per heavy atom. The van der Waals surface area contributed by atoms with Crippen LogP contribution in [0.3, 0.4) is 0 Å². The van der Waals surface area contributed by atoms with Gasteiger partial charge in [0.2, 0.25) is 0 Å². The number of aryl methyl sites for hydroxylation is 1. The van der Waals surface area contributed by atoms with E-state index in [1.54, 1.807) is 14.2 Å². The van der Waals surface area contributed by atoms with E-state index in [0.29, 0.717) is 0 Å². The van der Waals surface area contributed by atoms with Crippen LogP contribution < -0.4 is 9.47 Å².